The van der Waals surface area contributed by atoms with Crippen LogP contribution in [0.15, 0.2) is 6.20 Å². The van der Waals surface area contributed by atoms with Gasteiger partial charge in [0.1, 0.15) is 0 Å². The van der Waals surface area contributed by atoms with Gasteiger partial charge in [-0.1, -0.05) is 6.92 Å². The molecule has 0 aromatic carbocycles. The highest BCUT2D eigenvalue weighted by atomic mass is 32.2. The maximum atomic E-state index is 11.9. The summed E-state index contributed by atoms with van der Waals surface area (Å²) in [6.45, 7) is 4.83. The lowest BCUT2D eigenvalue weighted by Gasteiger charge is -2.21. The standard InChI is InChI=1S/C14H24N4OS/c1-3-13-11(9-18(2)17-13)8-16-14(19)10-20-12-4-6-15-7-5-12/h9,12,15H,3-8,10H2,1-2H3,(H,16,19). The number of amides is 1. The predicted molar refractivity (Wildman–Crippen MR) is 82.8 cm³/mol. The Morgan fingerprint density at radius 3 is 3.00 bits per heavy atom. The molecule has 0 radical (unpaired) electrons. The Kier molecular flexibility index (Phi) is 5.91. The van der Waals surface area contributed by atoms with Crippen molar-refractivity contribution < 1.29 is 4.79 Å². The van der Waals surface area contributed by atoms with Crippen LogP contribution in [0.25, 0.3) is 0 Å². The summed E-state index contributed by atoms with van der Waals surface area (Å²) >= 11 is 1.78. The van der Waals surface area contributed by atoms with Crippen molar-refractivity contribution in [3.8, 4) is 0 Å². The maximum Gasteiger partial charge on any atom is 0.230 e. The Morgan fingerprint density at radius 2 is 2.30 bits per heavy atom. The van der Waals surface area contributed by atoms with E-state index in [9.17, 15) is 4.79 Å². The summed E-state index contributed by atoms with van der Waals surface area (Å²) in [5.74, 6) is 0.686. The molecule has 1 fully saturated rings. The molecular formula is C14H24N4OS. The summed E-state index contributed by atoms with van der Waals surface area (Å²) < 4.78 is 1.81. The van der Waals surface area contributed by atoms with Gasteiger partial charge in [0.2, 0.25) is 5.91 Å². The molecule has 5 nitrogen and oxygen atoms in total. The number of hydrogen-bond acceptors (Lipinski definition) is 4. The molecule has 1 aliphatic heterocycles. The zero-order valence-electron chi connectivity index (χ0n) is 12.3. The highest BCUT2D eigenvalue weighted by Gasteiger charge is 2.15. The van der Waals surface area contributed by atoms with Crippen molar-refractivity contribution in [3.63, 3.8) is 0 Å². The van der Waals surface area contributed by atoms with Gasteiger partial charge in [-0.25, -0.2) is 0 Å². The van der Waals surface area contributed by atoms with Crippen molar-refractivity contribution in [2.75, 3.05) is 18.8 Å². The molecule has 20 heavy (non-hydrogen) atoms. The van der Waals surface area contributed by atoms with Crippen LogP contribution in [0.5, 0.6) is 0 Å². The van der Waals surface area contributed by atoms with Crippen molar-refractivity contribution in [1.29, 1.82) is 0 Å². The molecule has 2 N–H and O–H groups in total. The lowest BCUT2D eigenvalue weighted by Crippen LogP contribution is -2.31. The lowest BCUT2D eigenvalue weighted by atomic mass is 10.2. The Labute approximate surface area is 124 Å². The summed E-state index contributed by atoms with van der Waals surface area (Å²) in [6, 6.07) is 0. The molecule has 1 aromatic heterocycles. The highest BCUT2D eigenvalue weighted by Crippen LogP contribution is 2.19. The molecule has 2 heterocycles. The van der Waals surface area contributed by atoms with Crippen LogP contribution in [0.1, 0.15) is 31.0 Å². The number of nitrogens with zero attached hydrogens (tertiary/aromatic N) is 2. The Balaban J connectivity index is 1.71. The van der Waals surface area contributed by atoms with Gasteiger partial charge in [0.15, 0.2) is 0 Å². The number of nitrogens with one attached hydrogen (secondary N) is 2. The van der Waals surface area contributed by atoms with Crippen LogP contribution in [-0.2, 0) is 24.8 Å². The number of aromatic nitrogens is 2. The third kappa shape index (κ3) is 4.52. The first-order valence-corrected chi connectivity index (χ1v) is 8.34. The molecule has 0 saturated carbocycles. The van der Waals surface area contributed by atoms with Crippen LogP contribution in [0, 0.1) is 0 Å². The zero-order valence-corrected chi connectivity index (χ0v) is 13.1. The van der Waals surface area contributed by atoms with Crippen molar-refractivity contribution >= 4 is 17.7 Å². The first-order chi connectivity index (χ1) is 9.69. The third-order valence-electron chi connectivity index (χ3n) is 3.54. The van der Waals surface area contributed by atoms with E-state index in [4.69, 9.17) is 0 Å². The average molecular weight is 296 g/mol. The number of thioether (sulfide) groups is 1. The van der Waals surface area contributed by atoms with Gasteiger partial charge in [-0.15, -0.1) is 11.8 Å². The fraction of sp³-hybridized carbons (Fsp3) is 0.714. The summed E-state index contributed by atoms with van der Waals surface area (Å²) in [4.78, 5) is 11.9. The van der Waals surface area contributed by atoms with E-state index in [2.05, 4.69) is 22.7 Å². The second kappa shape index (κ2) is 7.69. The van der Waals surface area contributed by atoms with Crippen LogP contribution in [0.2, 0.25) is 0 Å². The van der Waals surface area contributed by atoms with Gasteiger partial charge in [0, 0.05) is 30.6 Å². The van der Waals surface area contributed by atoms with E-state index in [0.29, 0.717) is 17.5 Å². The molecule has 6 heteroatoms. The number of hydrogen-bond donors (Lipinski definition) is 2. The first kappa shape index (κ1) is 15.4. The smallest absolute Gasteiger partial charge is 0.230 e. The number of carbonyl (C=O) groups is 1. The van der Waals surface area contributed by atoms with Gasteiger partial charge in [0.25, 0.3) is 0 Å². The molecule has 1 aliphatic rings. The molecule has 0 aliphatic carbocycles. The summed E-state index contributed by atoms with van der Waals surface area (Å²) in [7, 11) is 1.91. The SMILES string of the molecule is CCc1nn(C)cc1CNC(=O)CSC1CCNCC1. The first-order valence-electron chi connectivity index (χ1n) is 7.29. The quantitative estimate of drug-likeness (QED) is 0.825. The molecule has 0 atom stereocenters. The second-order valence-electron chi connectivity index (χ2n) is 5.17. The highest BCUT2D eigenvalue weighted by molar-refractivity contribution is 8.00. The summed E-state index contributed by atoms with van der Waals surface area (Å²) in [5.41, 5.74) is 2.19. The van der Waals surface area contributed by atoms with Crippen LogP contribution in [-0.4, -0.2) is 39.8 Å². The molecule has 112 valence electrons. The molecular weight excluding hydrogens is 272 g/mol. The van der Waals surface area contributed by atoms with Crippen LogP contribution in [0.3, 0.4) is 0 Å². The fourth-order valence-electron chi connectivity index (χ4n) is 2.43. The minimum Gasteiger partial charge on any atom is -0.351 e. The Bertz CT molecular complexity index is 440. The molecule has 0 bridgehead atoms. The molecule has 1 aromatic rings. The summed E-state index contributed by atoms with van der Waals surface area (Å²) in [6.07, 6.45) is 5.22. The third-order valence-corrected chi connectivity index (χ3v) is 4.91. The van der Waals surface area contributed by atoms with Crippen molar-refractivity contribution in [1.82, 2.24) is 20.4 Å². The van der Waals surface area contributed by atoms with Gasteiger partial charge in [-0.2, -0.15) is 5.10 Å². The van der Waals surface area contributed by atoms with Crippen LogP contribution in [0.4, 0.5) is 0 Å². The molecule has 1 saturated heterocycles. The van der Waals surface area contributed by atoms with E-state index in [-0.39, 0.29) is 5.91 Å². The molecule has 1 amide bonds. The monoisotopic (exact) mass is 296 g/mol. The molecule has 2 rings (SSSR count). The van der Waals surface area contributed by atoms with E-state index in [1.165, 1.54) is 12.8 Å². The maximum absolute atomic E-state index is 11.9. The van der Waals surface area contributed by atoms with Gasteiger partial charge < -0.3 is 10.6 Å². The average Bonchev–Trinajstić information content (AvgIpc) is 2.84. The number of aryl methyl sites for hydroxylation is 2. The number of piperidine rings is 1. The van der Waals surface area contributed by atoms with E-state index >= 15 is 0 Å². The lowest BCUT2D eigenvalue weighted by molar-refractivity contribution is -0.118. The van der Waals surface area contributed by atoms with E-state index < -0.39 is 0 Å². The fourth-order valence-corrected chi connectivity index (χ4v) is 3.49. The normalized spacial score (nSPS) is 16.3. The van der Waals surface area contributed by atoms with Crippen molar-refractivity contribution in [3.05, 3.63) is 17.5 Å². The van der Waals surface area contributed by atoms with Crippen molar-refractivity contribution in [2.24, 2.45) is 7.05 Å². The second-order valence-corrected chi connectivity index (χ2v) is 6.45. The van der Waals surface area contributed by atoms with Gasteiger partial charge in [-0.05, 0) is 32.4 Å². The minimum atomic E-state index is 0.124. The van der Waals surface area contributed by atoms with E-state index in [0.717, 1.165) is 30.8 Å². The van der Waals surface area contributed by atoms with Crippen LogP contribution >= 0.6 is 11.8 Å². The summed E-state index contributed by atoms with van der Waals surface area (Å²) in [5, 5.41) is 11.3. The van der Waals surface area contributed by atoms with Gasteiger partial charge >= 0.3 is 0 Å². The Morgan fingerprint density at radius 1 is 1.55 bits per heavy atom. The predicted octanol–water partition coefficient (Wildman–Crippen LogP) is 1.08. The van der Waals surface area contributed by atoms with Crippen LogP contribution < -0.4 is 10.6 Å². The van der Waals surface area contributed by atoms with E-state index in [1.807, 2.05) is 17.9 Å². The zero-order chi connectivity index (χ0) is 14.4. The topological polar surface area (TPSA) is 59.0 Å². The largest absolute Gasteiger partial charge is 0.351 e. The number of carbonyl (C=O) groups excluding carboxylic acids is 1. The molecule has 0 spiro atoms. The molecule has 0 unspecified atom stereocenters. The number of rotatable bonds is 6. The van der Waals surface area contributed by atoms with Gasteiger partial charge in [-0.3, -0.25) is 9.48 Å². The van der Waals surface area contributed by atoms with Crippen molar-refractivity contribution in [2.45, 2.75) is 38.0 Å². The van der Waals surface area contributed by atoms with E-state index in [1.54, 1.807) is 11.8 Å². The Hall–Kier alpha value is -1.01. The minimum absolute atomic E-state index is 0.124. The van der Waals surface area contributed by atoms with Gasteiger partial charge in [0.05, 0.1) is 11.4 Å².